The average Bonchev–Trinajstić information content (AvgIpc) is 2.69. The summed E-state index contributed by atoms with van der Waals surface area (Å²) >= 11 is 0. The monoisotopic (exact) mass is 514 g/mol. The summed E-state index contributed by atoms with van der Waals surface area (Å²) in [5, 5.41) is 3.20. The fourth-order valence-corrected chi connectivity index (χ4v) is 2.86. The molecule has 1 amide bonds. The van der Waals surface area contributed by atoms with Crippen LogP contribution >= 0.6 is 24.0 Å². The van der Waals surface area contributed by atoms with E-state index in [4.69, 9.17) is 10.5 Å². The number of halogens is 2. The van der Waals surface area contributed by atoms with E-state index in [-0.39, 0.29) is 29.8 Å². The Morgan fingerprint density at radius 1 is 1.17 bits per heavy atom. The number of nitrogens with one attached hydrogen (secondary N) is 1. The van der Waals surface area contributed by atoms with Gasteiger partial charge in [0.05, 0.1) is 13.0 Å². The second-order valence-corrected chi connectivity index (χ2v) is 6.56. The van der Waals surface area contributed by atoms with Crippen LogP contribution in [-0.2, 0) is 17.8 Å². The van der Waals surface area contributed by atoms with Crippen LogP contribution in [0.25, 0.3) is 0 Å². The second kappa shape index (κ2) is 12.3. The first-order valence-corrected chi connectivity index (χ1v) is 9.01. The van der Waals surface area contributed by atoms with Gasteiger partial charge in [0.25, 0.3) is 0 Å². The second-order valence-electron chi connectivity index (χ2n) is 6.56. The molecule has 0 aliphatic rings. The molecule has 0 heterocycles. The maximum Gasteiger partial charge on any atom is 0.222 e. The third-order valence-corrected chi connectivity index (χ3v) is 4.46. The van der Waals surface area contributed by atoms with Crippen molar-refractivity contribution in [3.05, 3.63) is 65.5 Å². The van der Waals surface area contributed by atoms with Gasteiger partial charge in [-0.2, -0.15) is 0 Å². The lowest BCUT2D eigenvalue weighted by atomic mass is 9.98. The molecule has 1 atom stereocenters. The largest absolute Gasteiger partial charge is 0.497 e. The molecule has 0 radical (unpaired) electrons. The number of guanidine groups is 1. The summed E-state index contributed by atoms with van der Waals surface area (Å²) < 4.78 is 18.2. The number of hydrogen-bond acceptors (Lipinski definition) is 3. The molecule has 6 nitrogen and oxygen atoms in total. The number of nitrogens with two attached hydrogens (primary N) is 1. The molecule has 2 aromatic carbocycles. The number of rotatable bonds is 8. The summed E-state index contributed by atoms with van der Waals surface area (Å²) in [6.07, 6.45) is 0.432. The zero-order chi connectivity index (χ0) is 20.5. The summed E-state index contributed by atoms with van der Waals surface area (Å²) in [6.45, 7) is 0.981. The van der Waals surface area contributed by atoms with Crippen LogP contribution in [-0.4, -0.2) is 44.5 Å². The smallest absolute Gasteiger partial charge is 0.222 e. The maximum atomic E-state index is 13.1. The summed E-state index contributed by atoms with van der Waals surface area (Å²) in [5.41, 5.74) is 7.51. The van der Waals surface area contributed by atoms with Crippen LogP contribution in [0.3, 0.4) is 0 Å². The van der Waals surface area contributed by atoms with Gasteiger partial charge >= 0.3 is 0 Å². The molecule has 0 spiro atoms. The topological polar surface area (TPSA) is 79.9 Å². The van der Waals surface area contributed by atoms with Gasteiger partial charge in [-0.1, -0.05) is 24.3 Å². The van der Waals surface area contributed by atoms with Crippen molar-refractivity contribution in [1.29, 1.82) is 0 Å². The van der Waals surface area contributed by atoms with Crippen molar-refractivity contribution in [1.82, 2.24) is 10.2 Å². The highest BCUT2D eigenvalue weighted by molar-refractivity contribution is 14.0. The molecule has 0 saturated heterocycles. The van der Waals surface area contributed by atoms with Gasteiger partial charge in [-0.15, -0.1) is 24.0 Å². The highest BCUT2D eigenvalue weighted by Gasteiger charge is 2.18. The van der Waals surface area contributed by atoms with Gasteiger partial charge in [0.2, 0.25) is 5.91 Å². The van der Waals surface area contributed by atoms with Crippen LogP contribution in [0.5, 0.6) is 5.75 Å². The fraction of sp³-hybridized carbons (Fsp3) is 0.333. The van der Waals surface area contributed by atoms with Gasteiger partial charge in [-0.25, -0.2) is 4.39 Å². The lowest BCUT2D eigenvalue weighted by molar-refractivity contribution is -0.121. The summed E-state index contributed by atoms with van der Waals surface area (Å²) in [4.78, 5) is 18.1. The van der Waals surface area contributed by atoms with E-state index in [1.165, 1.54) is 12.1 Å². The molecule has 158 valence electrons. The number of primary amides is 1. The molecule has 3 N–H and O–H groups in total. The predicted molar refractivity (Wildman–Crippen MR) is 124 cm³/mol. The molecule has 0 aromatic heterocycles. The summed E-state index contributed by atoms with van der Waals surface area (Å²) in [6, 6.07) is 13.9. The summed E-state index contributed by atoms with van der Waals surface area (Å²) in [7, 11) is 5.24. The van der Waals surface area contributed by atoms with Crippen molar-refractivity contribution >= 4 is 35.8 Å². The Kier molecular flexibility index (Phi) is 10.4. The number of aliphatic imine (C=N–C) groups is 1. The molecule has 2 aromatic rings. The molecule has 0 saturated carbocycles. The third kappa shape index (κ3) is 7.88. The minimum absolute atomic E-state index is 0. The van der Waals surface area contributed by atoms with E-state index in [2.05, 4.69) is 10.3 Å². The molecular formula is C21H28FIN4O2. The van der Waals surface area contributed by atoms with E-state index in [1.807, 2.05) is 36.2 Å². The Balaban J connectivity index is 0.00000420. The number of amides is 1. The normalized spacial score (nSPS) is 11.9. The van der Waals surface area contributed by atoms with Crippen molar-refractivity contribution in [2.45, 2.75) is 13.0 Å². The molecule has 1 unspecified atom stereocenters. The van der Waals surface area contributed by atoms with Gasteiger partial charge < -0.3 is 20.7 Å². The molecule has 0 bridgehead atoms. The highest BCUT2D eigenvalue weighted by Crippen LogP contribution is 2.13. The van der Waals surface area contributed by atoms with Gasteiger partial charge in [0.1, 0.15) is 11.6 Å². The molecule has 0 aliphatic carbocycles. The number of carbonyl (C=O) groups excluding carboxylic acids is 1. The SMILES string of the molecule is CN=C(NCC(Cc1ccc(F)cc1)C(N)=O)N(C)Cc1ccc(OC)cc1.I. The van der Waals surface area contributed by atoms with Gasteiger partial charge in [-0.05, 0) is 41.8 Å². The van der Waals surface area contributed by atoms with Gasteiger partial charge in [-0.3, -0.25) is 9.79 Å². The number of hydrogen-bond donors (Lipinski definition) is 2. The van der Waals surface area contributed by atoms with Crippen molar-refractivity contribution in [3.63, 3.8) is 0 Å². The molecule has 0 fully saturated rings. The molecule has 2 rings (SSSR count). The number of benzene rings is 2. The Labute approximate surface area is 188 Å². The van der Waals surface area contributed by atoms with E-state index < -0.39 is 11.8 Å². The Morgan fingerprint density at radius 3 is 2.28 bits per heavy atom. The fourth-order valence-electron chi connectivity index (χ4n) is 2.86. The summed E-state index contributed by atoms with van der Waals surface area (Å²) in [5.74, 6) is 0.305. The third-order valence-electron chi connectivity index (χ3n) is 4.46. The minimum atomic E-state index is -0.434. The van der Waals surface area contributed by atoms with Gasteiger partial charge in [0, 0.05) is 27.2 Å². The van der Waals surface area contributed by atoms with Crippen molar-refractivity contribution < 1.29 is 13.9 Å². The van der Waals surface area contributed by atoms with E-state index in [9.17, 15) is 9.18 Å². The number of ether oxygens (including phenoxy) is 1. The highest BCUT2D eigenvalue weighted by atomic mass is 127. The lowest BCUT2D eigenvalue weighted by Gasteiger charge is -2.24. The van der Waals surface area contributed by atoms with E-state index >= 15 is 0 Å². The lowest BCUT2D eigenvalue weighted by Crippen LogP contribution is -2.43. The Bertz CT molecular complexity index is 797. The average molecular weight is 514 g/mol. The number of methoxy groups -OCH3 is 1. The Hall–Kier alpha value is -2.36. The van der Waals surface area contributed by atoms with Crippen LogP contribution in [0.1, 0.15) is 11.1 Å². The van der Waals surface area contributed by atoms with Crippen LogP contribution in [0.15, 0.2) is 53.5 Å². The zero-order valence-electron chi connectivity index (χ0n) is 16.9. The van der Waals surface area contributed by atoms with Crippen LogP contribution in [0, 0.1) is 11.7 Å². The predicted octanol–water partition coefficient (Wildman–Crippen LogP) is 2.80. The van der Waals surface area contributed by atoms with Gasteiger partial charge in [0.15, 0.2) is 5.96 Å². The first-order valence-electron chi connectivity index (χ1n) is 9.01. The number of nitrogens with zero attached hydrogens (tertiary/aromatic N) is 2. The molecule has 29 heavy (non-hydrogen) atoms. The first-order chi connectivity index (χ1) is 13.4. The van der Waals surface area contributed by atoms with E-state index in [1.54, 1.807) is 26.3 Å². The first kappa shape index (κ1) is 24.7. The van der Waals surface area contributed by atoms with E-state index in [0.29, 0.717) is 25.5 Å². The molecular weight excluding hydrogens is 486 g/mol. The molecule has 8 heteroatoms. The van der Waals surface area contributed by atoms with Crippen LogP contribution in [0.4, 0.5) is 4.39 Å². The van der Waals surface area contributed by atoms with Crippen molar-refractivity contribution in [3.8, 4) is 5.75 Å². The minimum Gasteiger partial charge on any atom is -0.497 e. The zero-order valence-corrected chi connectivity index (χ0v) is 19.2. The standard InChI is InChI=1S/C21H27FN4O2.HI/c1-24-21(26(2)14-16-6-10-19(28-3)11-7-16)25-13-17(20(23)27)12-15-4-8-18(22)9-5-15;/h4-11,17H,12-14H2,1-3H3,(H2,23,27)(H,24,25);1H. The Morgan fingerprint density at radius 2 is 1.76 bits per heavy atom. The van der Waals surface area contributed by atoms with Crippen LogP contribution < -0.4 is 15.8 Å². The number of carbonyl (C=O) groups is 1. The van der Waals surface area contributed by atoms with E-state index in [0.717, 1.165) is 16.9 Å². The maximum absolute atomic E-state index is 13.1. The van der Waals surface area contributed by atoms with Crippen LogP contribution in [0.2, 0.25) is 0 Å². The quantitative estimate of drug-likeness (QED) is 0.323. The van der Waals surface area contributed by atoms with Crippen molar-refractivity contribution in [2.24, 2.45) is 16.6 Å². The van der Waals surface area contributed by atoms with Crippen molar-refractivity contribution in [2.75, 3.05) is 27.7 Å². The molecule has 0 aliphatic heterocycles.